The van der Waals surface area contributed by atoms with Crippen LogP contribution in [0.25, 0.3) is 0 Å². The molecule has 0 rings (SSSR count). The van der Waals surface area contributed by atoms with Crippen molar-refractivity contribution in [3.8, 4) is 0 Å². The number of carbonyl (C=O) groups excluding carboxylic acids is 1. The van der Waals surface area contributed by atoms with Crippen LogP contribution in [0.2, 0.25) is 0 Å². The first-order chi connectivity index (χ1) is 6.96. The molecule has 0 spiro atoms. The standard InChI is InChI=1S/C11H19NO3/c1-4-6-7-9(13)12-8-11(3,5-2)10(14)15/h4H,1,5-8H2,2-3H3,(H,12,13)(H,14,15). The average Bonchev–Trinajstić information content (AvgIpc) is 2.22. The van der Waals surface area contributed by atoms with Gasteiger partial charge in [-0.15, -0.1) is 6.58 Å². The highest BCUT2D eigenvalue weighted by Crippen LogP contribution is 2.19. The third-order valence-corrected chi connectivity index (χ3v) is 2.55. The number of carbonyl (C=O) groups is 2. The van der Waals surface area contributed by atoms with E-state index in [1.807, 2.05) is 0 Å². The number of hydrogen-bond donors (Lipinski definition) is 2. The molecule has 1 atom stereocenters. The molecule has 0 heterocycles. The Labute approximate surface area is 90.4 Å². The van der Waals surface area contributed by atoms with E-state index in [1.54, 1.807) is 19.9 Å². The summed E-state index contributed by atoms with van der Waals surface area (Å²) in [5.74, 6) is -1.01. The topological polar surface area (TPSA) is 66.4 Å². The Morgan fingerprint density at radius 3 is 2.53 bits per heavy atom. The Bertz CT molecular complexity index is 250. The van der Waals surface area contributed by atoms with Gasteiger partial charge in [0.25, 0.3) is 0 Å². The van der Waals surface area contributed by atoms with Crippen LogP contribution in [0, 0.1) is 5.41 Å². The first kappa shape index (κ1) is 13.7. The Kier molecular flexibility index (Phi) is 5.67. The van der Waals surface area contributed by atoms with E-state index in [1.165, 1.54) is 0 Å². The van der Waals surface area contributed by atoms with Gasteiger partial charge in [-0.3, -0.25) is 9.59 Å². The maximum Gasteiger partial charge on any atom is 0.311 e. The van der Waals surface area contributed by atoms with Crippen LogP contribution < -0.4 is 5.32 Å². The summed E-state index contributed by atoms with van der Waals surface area (Å²) in [4.78, 5) is 22.1. The molecule has 86 valence electrons. The zero-order valence-corrected chi connectivity index (χ0v) is 9.38. The molecule has 4 heteroatoms. The molecule has 1 unspecified atom stereocenters. The summed E-state index contributed by atoms with van der Waals surface area (Å²) in [5, 5.41) is 11.6. The molecule has 1 amide bonds. The number of carboxylic acid groups (broad SMARTS) is 1. The van der Waals surface area contributed by atoms with Crippen LogP contribution in [-0.4, -0.2) is 23.5 Å². The highest BCUT2D eigenvalue weighted by molar-refractivity contribution is 5.78. The predicted octanol–water partition coefficient (Wildman–Crippen LogP) is 1.57. The lowest BCUT2D eigenvalue weighted by Crippen LogP contribution is -2.40. The van der Waals surface area contributed by atoms with E-state index in [2.05, 4.69) is 11.9 Å². The lowest BCUT2D eigenvalue weighted by Gasteiger charge is -2.23. The maximum absolute atomic E-state index is 11.2. The van der Waals surface area contributed by atoms with E-state index in [0.717, 1.165) is 0 Å². The van der Waals surface area contributed by atoms with Gasteiger partial charge in [0.2, 0.25) is 5.91 Å². The SMILES string of the molecule is C=CCCC(=O)NCC(C)(CC)C(=O)O. The van der Waals surface area contributed by atoms with Crippen molar-refractivity contribution >= 4 is 11.9 Å². The molecule has 0 aliphatic rings. The molecule has 2 N–H and O–H groups in total. The predicted molar refractivity (Wildman–Crippen MR) is 58.5 cm³/mol. The maximum atomic E-state index is 11.2. The van der Waals surface area contributed by atoms with Crippen LogP contribution in [0.1, 0.15) is 33.1 Å². The number of amides is 1. The minimum Gasteiger partial charge on any atom is -0.481 e. The quantitative estimate of drug-likeness (QED) is 0.631. The number of hydrogen-bond acceptors (Lipinski definition) is 2. The van der Waals surface area contributed by atoms with Crippen LogP contribution in [-0.2, 0) is 9.59 Å². The molecule has 0 bridgehead atoms. The van der Waals surface area contributed by atoms with Gasteiger partial charge in [-0.2, -0.15) is 0 Å². The molecule has 0 aromatic rings. The van der Waals surface area contributed by atoms with Gasteiger partial charge in [0.15, 0.2) is 0 Å². The minimum atomic E-state index is -0.881. The molecular weight excluding hydrogens is 194 g/mol. The summed E-state index contributed by atoms with van der Waals surface area (Å²) in [5.41, 5.74) is -0.871. The van der Waals surface area contributed by atoms with Crippen molar-refractivity contribution in [2.75, 3.05) is 6.54 Å². The van der Waals surface area contributed by atoms with E-state index in [-0.39, 0.29) is 12.5 Å². The van der Waals surface area contributed by atoms with E-state index >= 15 is 0 Å². The lowest BCUT2D eigenvalue weighted by atomic mass is 9.87. The third-order valence-electron chi connectivity index (χ3n) is 2.55. The highest BCUT2D eigenvalue weighted by atomic mass is 16.4. The summed E-state index contributed by atoms with van der Waals surface area (Å²) >= 11 is 0. The zero-order chi connectivity index (χ0) is 11.9. The summed E-state index contributed by atoms with van der Waals surface area (Å²) in [7, 11) is 0. The Hall–Kier alpha value is -1.32. The fourth-order valence-corrected chi connectivity index (χ4v) is 0.967. The highest BCUT2D eigenvalue weighted by Gasteiger charge is 2.31. The number of nitrogens with one attached hydrogen (secondary N) is 1. The fraction of sp³-hybridized carbons (Fsp3) is 0.636. The molecule has 0 radical (unpaired) electrons. The van der Waals surface area contributed by atoms with Gasteiger partial charge in [-0.05, 0) is 19.8 Å². The Balaban J connectivity index is 4.06. The number of allylic oxidation sites excluding steroid dienone is 1. The van der Waals surface area contributed by atoms with E-state index in [4.69, 9.17) is 5.11 Å². The second-order valence-electron chi connectivity index (χ2n) is 3.82. The summed E-state index contributed by atoms with van der Waals surface area (Å²) in [6, 6.07) is 0. The molecule has 4 nitrogen and oxygen atoms in total. The number of carboxylic acids is 1. The molecule has 15 heavy (non-hydrogen) atoms. The monoisotopic (exact) mass is 213 g/mol. The van der Waals surface area contributed by atoms with Gasteiger partial charge in [-0.25, -0.2) is 0 Å². The first-order valence-electron chi connectivity index (χ1n) is 5.07. The Morgan fingerprint density at radius 2 is 2.13 bits per heavy atom. The number of aliphatic carboxylic acids is 1. The van der Waals surface area contributed by atoms with Crippen LogP contribution in [0.3, 0.4) is 0 Å². The van der Waals surface area contributed by atoms with E-state index in [9.17, 15) is 9.59 Å². The Morgan fingerprint density at radius 1 is 1.53 bits per heavy atom. The first-order valence-corrected chi connectivity index (χ1v) is 5.07. The molecule has 0 aliphatic carbocycles. The minimum absolute atomic E-state index is 0.129. The molecule has 0 aromatic carbocycles. The fourth-order valence-electron chi connectivity index (χ4n) is 0.967. The molecule has 0 saturated heterocycles. The van der Waals surface area contributed by atoms with Crippen molar-refractivity contribution in [1.82, 2.24) is 5.32 Å². The molecule has 0 fully saturated rings. The molecule has 0 saturated carbocycles. The summed E-state index contributed by atoms with van der Waals surface area (Å²) in [6.45, 7) is 7.11. The normalized spacial score (nSPS) is 14.0. The van der Waals surface area contributed by atoms with Crippen LogP contribution >= 0.6 is 0 Å². The van der Waals surface area contributed by atoms with Crippen molar-refractivity contribution in [2.24, 2.45) is 5.41 Å². The van der Waals surface area contributed by atoms with Gasteiger partial charge in [0.05, 0.1) is 5.41 Å². The van der Waals surface area contributed by atoms with Crippen LogP contribution in [0.15, 0.2) is 12.7 Å². The van der Waals surface area contributed by atoms with Crippen molar-refractivity contribution in [3.63, 3.8) is 0 Å². The molecular formula is C11H19NO3. The van der Waals surface area contributed by atoms with E-state index in [0.29, 0.717) is 19.3 Å². The van der Waals surface area contributed by atoms with Crippen molar-refractivity contribution in [3.05, 3.63) is 12.7 Å². The lowest BCUT2D eigenvalue weighted by molar-refractivity contribution is -0.148. The van der Waals surface area contributed by atoms with Crippen LogP contribution in [0.5, 0.6) is 0 Å². The zero-order valence-electron chi connectivity index (χ0n) is 9.38. The second kappa shape index (κ2) is 6.22. The third kappa shape index (κ3) is 4.63. The summed E-state index contributed by atoms with van der Waals surface area (Å²) < 4.78 is 0. The molecule has 0 aromatic heterocycles. The van der Waals surface area contributed by atoms with Crippen molar-refractivity contribution < 1.29 is 14.7 Å². The second-order valence-corrected chi connectivity index (χ2v) is 3.82. The molecule has 0 aliphatic heterocycles. The largest absolute Gasteiger partial charge is 0.481 e. The van der Waals surface area contributed by atoms with E-state index < -0.39 is 11.4 Å². The van der Waals surface area contributed by atoms with Crippen molar-refractivity contribution in [1.29, 1.82) is 0 Å². The summed E-state index contributed by atoms with van der Waals surface area (Å²) in [6.07, 6.45) is 3.13. The van der Waals surface area contributed by atoms with Gasteiger partial charge in [0, 0.05) is 13.0 Å². The smallest absolute Gasteiger partial charge is 0.311 e. The van der Waals surface area contributed by atoms with Crippen molar-refractivity contribution in [2.45, 2.75) is 33.1 Å². The van der Waals surface area contributed by atoms with Gasteiger partial charge < -0.3 is 10.4 Å². The van der Waals surface area contributed by atoms with Gasteiger partial charge in [-0.1, -0.05) is 13.0 Å². The van der Waals surface area contributed by atoms with Gasteiger partial charge >= 0.3 is 5.97 Å². The van der Waals surface area contributed by atoms with Crippen LogP contribution in [0.4, 0.5) is 0 Å². The number of rotatable bonds is 7. The average molecular weight is 213 g/mol. The van der Waals surface area contributed by atoms with Gasteiger partial charge in [0.1, 0.15) is 0 Å².